The quantitative estimate of drug-likeness (QED) is 0.916. The van der Waals surface area contributed by atoms with Crippen molar-refractivity contribution in [1.29, 1.82) is 0 Å². The van der Waals surface area contributed by atoms with Crippen molar-refractivity contribution in [2.24, 2.45) is 0 Å². The minimum atomic E-state index is -0.0875. The van der Waals surface area contributed by atoms with Crippen LogP contribution in [0.25, 0.3) is 0 Å². The Morgan fingerprint density at radius 2 is 2.19 bits per heavy atom. The maximum Gasteiger partial charge on any atom is 0.318 e. The minimum Gasteiger partial charge on any atom is -0.370 e. The fourth-order valence-electron chi connectivity index (χ4n) is 3.77. The molecule has 138 valence electrons. The zero-order chi connectivity index (χ0) is 18.1. The third kappa shape index (κ3) is 3.19. The van der Waals surface area contributed by atoms with Gasteiger partial charge in [0.25, 0.3) is 0 Å². The van der Waals surface area contributed by atoms with E-state index in [0.717, 1.165) is 36.6 Å². The second-order valence-corrected chi connectivity index (χ2v) is 7.13. The number of ether oxygens (including phenoxy) is 1. The van der Waals surface area contributed by atoms with Gasteiger partial charge >= 0.3 is 6.03 Å². The lowest BCUT2D eigenvalue weighted by Crippen LogP contribution is -2.52. The Kier molecular flexibility index (Phi) is 4.63. The third-order valence-corrected chi connectivity index (χ3v) is 5.31. The van der Waals surface area contributed by atoms with E-state index in [2.05, 4.69) is 39.1 Å². The van der Waals surface area contributed by atoms with Crippen molar-refractivity contribution in [2.45, 2.75) is 51.9 Å². The summed E-state index contributed by atoms with van der Waals surface area (Å²) in [5.74, 6) is 1.86. The number of morpholine rings is 1. The number of carbonyl (C=O) groups is 1. The van der Waals surface area contributed by atoms with Crippen LogP contribution >= 0.6 is 0 Å². The normalized spacial score (nSPS) is 22.3. The lowest BCUT2D eigenvalue weighted by atomic mass is 10.0. The van der Waals surface area contributed by atoms with Crippen LogP contribution in [0.3, 0.4) is 0 Å². The van der Waals surface area contributed by atoms with Crippen molar-refractivity contribution in [3.63, 3.8) is 0 Å². The number of carbonyl (C=O) groups excluding carboxylic acids is 1. The van der Waals surface area contributed by atoms with E-state index in [0.29, 0.717) is 19.7 Å². The van der Waals surface area contributed by atoms with Gasteiger partial charge in [-0.1, -0.05) is 24.3 Å². The Hall–Kier alpha value is -2.41. The van der Waals surface area contributed by atoms with Crippen LogP contribution in [0.2, 0.25) is 0 Å². The maximum absolute atomic E-state index is 12.8. The molecule has 2 amide bonds. The molecule has 2 aliphatic rings. The Morgan fingerprint density at radius 1 is 1.35 bits per heavy atom. The molecule has 0 unspecified atom stereocenters. The molecule has 0 radical (unpaired) electrons. The molecule has 2 aromatic rings. The highest BCUT2D eigenvalue weighted by atomic mass is 16.5. The number of benzene rings is 1. The Morgan fingerprint density at radius 3 is 3.04 bits per heavy atom. The van der Waals surface area contributed by atoms with Gasteiger partial charge in [0.05, 0.1) is 25.7 Å². The summed E-state index contributed by atoms with van der Waals surface area (Å²) in [7, 11) is 0. The van der Waals surface area contributed by atoms with Gasteiger partial charge in [0, 0.05) is 13.0 Å². The number of urea groups is 1. The standard InChI is InChI=1S/C19H25N5O2/c1-13-6-3-4-7-15(13)16-11-24(14(2)12-26-16)19(25)20-10-18-22-21-17-8-5-9-23(17)18/h3-4,6-7,14,16H,5,8-12H2,1-2H3,(H,20,25)/t14-,16-/m1/s1. The van der Waals surface area contributed by atoms with E-state index in [1.807, 2.05) is 24.0 Å². The van der Waals surface area contributed by atoms with E-state index in [-0.39, 0.29) is 18.2 Å². The van der Waals surface area contributed by atoms with Gasteiger partial charge in [-0.2, -0.15) is 0 Å². The van der Waals surface area contributed by atoms with E-state index in [4.69, 9.17) is 4.74 Å². The summed E-state index contributed by atoms with van der Waals surface area (Å²) in [6.07, 6.45) is 1.99. The lowest BCUT2D eigenvalue weighted by Gasteiger charge is -2.38. The average molecular weight is 355 g/mol. The number of fused-ring (bicyclic) bond motifs is 1. The minimum absolute atomic E-state index is 0.0411. The number of aromatic nitrogens is 3. The summed E-state index contributed by atoms with van der Waals surface area (Å²) in [5, 5.41) is 11.4. The molecule has 7 heteroatoms. The molecule has 2 aliphatic heterocycles. The van der Waals surface area contributed by atoms with Gasteiger partial charge in [0.15, 0.2) is 5.82 Å². The number of amides is 2. The summed E-state index contributed by atoms with van der Waals surface area (Å²) < 4.78 is 8.11. The monoisotopic (exact) mass is 355 g/mol. The van der Waals surface area contributed by atoms with Gasteiger partial charge in [-0.15, -0.1) is 10.2 Å². The molecule has 1 aromatic carbocycles. The molecule has 4 rings (SSSR count). The second-order valence-electron chi connectivity index (χ2n) is 7.13. The number of aryl methyl sites for hydroxylation is 2. The average Bonchev–Trinajstić information content (AvgIpc) is 3.25. The van der Waals surface area contributed by atoms with Gasteiger partial charge in [-0.3, -0.25) is 0 Å². The molecule has 7 nitrogen and oxygen atoms in total. The molecule has 0 saturated carbocycles. The smallest absolute Gasteiger partial charge is 0.318 e. The van der Waals surface area contributed by atoms with Crippen LogP contribution in [0.1, 0.15) is 42.2 Å². The molecular formula is C19H25N5O2. The summed E-state index contributed by atoms with van der Waals surface area (Å²) in [4.78, 5) is 14.6. The fraction of sp³-hybridized carbons (Fsp3) is 0.526. The maximum atomic E-state index is 12.8. The van der Waals surface area contributed by atoms with Crippen molar-refractivity contribution in [1.82, 2.24) is 25.0 Å². The molecule has 0 bridgehead atoms. The van der Waals surface area contributed by atoms with Crippen molar-refractivity contribution < 1.29 is 9.53 Å². The molecule has 2 atom stereocenters. The third-order valence-electron chi connectivity index (χ3n) is 5.31. The number of nitrogens with one attached hydrogen (secondary N) is 1. The van der Waals surface area contributed by atoms with Crippen LogP contribution in [-0.2, 0) is 24.2 Å². The number of nitrogens with zero attached hydrogens (tertiary/aromatic N) is 4. The predicted molar refractivity (Wildman–Crippen MR) is 96.6 cm³/mol. The molecule has 0 aliphatic carbocycles. The van der Waals surface area contributed by atoms with E-state index in [1.165, 1.54) is 5.56 Å². The lowest BCUT2D eigenvalue weighted by molar-refractivity contribution is -0.0431. The van der Waals surface area contributed by atoms with Crippen molar-refractivity contribution >= 4 is 6.03 Å². The summed E-state index contributed by atoms with van der Waals surface area (Å²) in [5.41, 5.74) is 2.33. The van der Waals surface area contributed by atoms with Crippen LogP contribution in [0, 0.1) is 6.92 Å². The van der Waals surface area contributed by atoms with Crippen LogP contribution in [-0.4, -0.2) is 44.9 Å². The Bertz CT molecular complexity index is 803. The zero-order valence-corrected chi connectivity index (χ0v) is 15.3. The first kappa shape index (κ1) is 17.0. The second kappa shape index (κ2) is 7.07. The number of hydrogen-bond acceptors (Lipinski definition) is 4. The van der Waals surface area contributed by atoms with Crippen LogP contribution < -0.4 is 5.32 Å². The molecule has 0 spiro atoms. The zero-order valence-electron chi connectivity index (χ0n) is 15.3. The van der Waals surface area contributed by atoms with Crippen LogP contribution in [0.4, 0.5) is 4.79 Å². The van der Waals surface area contributed by atoms with E-state index >= 15 is 0 Å². The molecule has 1 aromatic heterocycles. The number of hydrogen-bond donors (Lipinski definition) is 1. The largest absolute Gasteiger partial charge is 0.370 e. The summed E-state index contributed by atoms with van der Waals surface area (Å²) in [6, 6.07) is 8.15. The molecular weight excluding hydrogens is 330 g/mol. The summed E-state index contributed by atoms with van der Waals surface area (Å²) >= 11 is 0. The van der Waals surface area contributed by atoms with E-state index < -0.39 is 0 Å². The SMILES string of the molecule is Cc1ccccc1[C@H]1CN(C(=O)NCc2nnc3n2CCC3)[C@H](C)CO1. The van der Waals surface area contributed by atoms with Gasteiger partial charge in [0.2, 0.25) is 0 Å². The summed E-state index contributed by atoms with van der Waals surface area (Å²) in [6.45, 7) is 6.53. The predicted octanol–water partition coefficient (Wildman–Crippen LogP) is 2.20. The molecule has 26 heavy (non-hydrogen) atoms. The van der Waals surface area contributed by atoms with Gasteiger partial charge in [0.1, 0.15) is 11.9 Å². The first-order valence-electron chi connectivity index (χ1n) is 9.26. The molecule has 3 heterocycles. The van der Waals surface area contributed by atoms with Crippen molar-refractivity contribution in [3.05, 3.63) is 47.0 Å². The first-order chi connectivity index (χ1) is 12.6. The Balaban J connectivity index is 1.42. The Labute approximate surface area is 153 Å². The van der Waals surface area contributed by atoms with Crippen molar-refractivity contribution in [3.8, 4) is 0 Å². The van der Waals surface area contributed by atoms with E-state index in [9.17, 15) is 4.79 Å². The fourth-order valence-corrected chi connectivity index (χ4v) is 3.77. The van der Waals surface area contributed by atoms with Crippen LogP contribution in [0.15, 0.2) is 24.3 Å². The highest BCUT2D eigenvalue weighted by molar-refractivity contribution is 5.74. The first-order valence-corrected chi connectivity index (χ1v) is 9.26. The van der Waals surface area contributed by atoms with Crippen molar-refractivity contribution in [2.75, 3.05) is 13.2 Å². The van der Waals surface area contributed by atoms with Crippen LogP contribution in [0.5, 0.6) is 0 Å². The van der Waals surface area contributed by atoms with Gasteiger partial charge < -0.3 is 19.5 Å². The molecule has 1 saturated heterocycles. The highest BCUT2D eigenvalue weighted by Crippen LogP contribution is 2.27. The van der Waals surface area contributed by atoms with E-state index in [1.54, 1.807) is 0 Å². The van der Waals surface area contributed by atoms with Gasteiger partial charge in [-0.05, 0) is 31.4 Å². The topological polar surface area (TPSA) is 72.3 Å². The van der Waals surface area contributed by atoms with Gasteiger partial charge in [-0.25, -0.2) is 4.79 Å². The highest BCUT2D eigenvalue weighted by Gasteiger charge is 2.31. The molecule has 1 fully saturated rings. The number of rotatable bonds is 3. The molecule has 1 N–H and O–H groups in total.